The van der Waals surface area contributed by atoms with E-state index in [9.17, 15) is 18.3 Å². The highest BCUT2D eigenvalue weighted by molar-refractivity contribution is 7.80. The molecule has 0 aliphatic heterocycles. The minimum Gasteiger partial charge on any atom is -0.481 e. The lowest BCUT2D eigenvalue weighted by atomic mass is 9.47. The molecule has 4 aliphatic rings. The molecule has 0 aromatic rings. The summed E-state index contributed by atoms with van der Waals surface area (Å²) in [5, 5.41) is 9.68. The summed E-state index contributed by atoms with van der Waals surface area (Å²) in [6, 6.07) is 0. The predicted octanol–water partition coefficient (Wildman–Crippen LogP) is 3.84. The van der Waals surface area contributed by atoms with Crippen LogP contribution in [0.25, 0.3) is 0 Å². The normalized spacial score (nSPS) is 46.8. The quantitative estimate of drug-likeness (QED) is 0.553. The molecule has 0 heterocycles. The molecule has 0 amide bonds. The summed E-state index contributed by atoms with van der Waals surface area (Å²) in [7, 11) is -4.42. The van der Waals surface area contributed by atoms with Crippen LogP contribution in [-0.2, 0) is 19.4 Å². The van der Waals surface area contributed by atoms with Crippen LogP contribution in [0.5, 0.6) is 0 Å². The van der Waals surface area contributed by atoms with E-state index in [1.807, 2.05) is 0 Å². The Morgan fingerprint density at radius 2 is 1.89 bits per heavy atom. The summed E-state index contributed by atoms with van der Waals surface area (Å²) in [4.78, 5) is 11.8. The molecule has 0 aromatic heterocycles. The van der Waals surface area contributed by atoms with Crippen molar-refractivity contribution in [3.05, 3.63) is 11.6 Å². The highest BCUT2D eigenvalue weighted by Crippen LogP contribution is 2.66. The van der Waals surface area contributed by atoms with E-state index in [1.54, 1.807) is 0 Å². The molecule has 3 fully saturated rings. The molecule has 0 radical (unpaired) electrons. The van der Waals surface area contributed by atoms with Crippen molar-refractivity contribution in [1.29, 1.82) is 0 Å². The van der Waals surface area contributed by atoms with Crippen LogP contribution < -0.4 is 0 Å². The van der Waals surface area contributed by atoms with E-state index in [0.29, 0.717) is 30.6 Å². The first kappa shape index (κ1) is 19.4. The van der Waals surface area contributed by atoms with Gasteiger partial charge in [0.25, 0.3) is 0 Å². The molecule has 7 atom stereocenters. The minimum absolute atomic E-state index is 0.0324. The monoisotopic (exact) mass is 398 g/mol. The van der Waals surface area contributed by atoms with Crippen molar-refractivity contribution in [2.75, 3.05) is 0 Å². The summed E-state index contributed by atoms with van der Waals surface area (Å²) in [5.41, 5.74) is 1.20. The number of fused-ring (bicyclic) bond motifs is 5. The van der Waals surface area contributed by atoms with Crippen molar-refractivity contribution in [1.82, 2.24) is 0 Å². The summed E-state index contributed by atoms with van der Waals surface area (Å²) >= 11 is 0. The van der Waals surface area contributed by atoms with Crippen LogP contribution in [-0.4, -0.2) is 30.2 Å². The van der Waals surface area contributed by atoms with Crippen molar-refractivity contribution < 1.29 is 27.1 Å². The van der Waals surface area contributed by atoms with Crippen molar-refractivity contribution in [2.45, 2.75) is 71.3 Å². The first-order valence-electron chi connectivity index (χ1n) is 10.1. The second-order valence-electron chi connectivity index (χ2n) is 9.66. The highest BCUT2D eigenvalue weighted by atomic mass is 32.3. The number of carboxylic acid groups (broad SMARTS) is 1. The zero-order chi connectivity index (χ0) is 19.6. The van der Waals surface area contributed by atoms with Crippen molar-refractivity contribution >= 4 is 16.4 Å². The van der Waals surface area contributed by atoms with Crippen LogP contribution in [0, 0.1) is 34.5 Å². The third-order valence-electron chi connectivity index (χ3n) is 8.61. The predicted molar refractivity (Wildman–Crippen MR) is 99.3 cm³/mol. The standard InChI is InChI=1S/C20H30O6S/c1-19-9-7-13(26-27(23,24)25)11-12(19)3-4-14-15-5-6-17(18(21)22)20(15,2)10-8-16(14)19/h3,13-17H,4-11H2,1-2H3,(H,21,22)(H,23,24,25). The molecule has 4 rings (SSSR count). The molecule has 7 unspecified atom stereocenters. The molecule has 7 heteroatoms. The van der Waals surface area contributed by atoms with Gasteiger partial charge < -0.3 is 5.11 Å². The molecule has 6 nitrogen and oxygen atoms in total. The van der Waals surface area contributed by atoms with Crippen LogP contribution in [0.1, 0.15) is 65.2 Å². The van der Waals surface area contributed by atoms with E-state index in [0.717, 1.165) is 38.5 Å². The van der Waals surface area contributed by atoms with Crippen molar-refractivity contribution in [2.24, 2.45) is 34.5 Å². The largest absolute Gasteiger partial charge is 0.481 e. The van der Waals surface area contributed by atoms with Gasteiger partial charge in [-0.25, -0.2) is 4.18 Å². The zero-order valence-corrected chi connectivity index (χ0v) is 16.9. The topological polar surface area (TPSA) is 101 Å². The third-order valence-corrected chi connectivity index (χ3v) is 9.13. The van der Waals surface area contributed by atoms with Crippen molar-refractivity contribution in [3.63, 3.8) is 0 Å². The van der Waals surface area contributed by atoms with E-state index in [4.69, 9.17) is 8.74 Å². The van der Waals surface area contributed by atoms with Gasteiger partial charge in [-0.2, -0.15) is 8.42 Å². The fourth-order valence-electron chi connectivity index (χ4n) is 7.29. The van der Waals surface area contributed by atoms with Crippen LogP contribution in [0.15, 0.2) is 11.6 Å². The minimum atomic E-state index is -4.42. The molecule has 4 aliphatic carbocycles. The van der Waals surface area contributed by atoms with Crippen LogP contribution >= 0.6 is 0 Å². The SMILES string of the molecule is CC12CCC(OS(=O)(=O)O)CC1=CCC1C2CCC2(C)C(C(=O)O)CCC12. The Bertz CT molecular complexity index is 773. The molecular weight excluding hydrogens is 368 g/mol. The highest BCUT2D eigenvalue weighted by Gasteiger charge is 2.60. The molecule has 0 saturated heterocycles. The summed E-state index contributed by atoms with van der Waals surface area (Å²) in [6.45, 7) is 4.49. The van der Waals surface area contributed by atoms with Gasteiger partial charge in [0.15, 0.2) is 0 Å². The van der Waals surface area contributed by atoms with Gasteiger partial charge >= 0.3 is 16.4 Å². The van der Waals surface area contributed by atoms with Gasteiger partial charge in [-0.3, -0.25) is 9.35 Å². The fraction of sp³-hybridized carbons (Fsp3) is 0.850. The van der Waals surface area contributed by atoms with Gasteiger partial charge in [-0.1, -0.05) is 25.5 Å². The zero-order valence-electron chi connectivity index (χ0n) is 16.1. The number of carbonyl (C=O) groups is 1. The number of carboxylic acids is 1. The lowest BCUT2D eigenvalue weighted by Crippen LogP contribution is -2.51. The van der Waals surface area contributed by atoms with Crippen LogP contribution in [0.2, 0.25) is 0 Å². The maximum absolute atomic E-state index is 11.8. The molecular formula is C20H30O6S. The average molecular weight is 399 g/mol. The first-order chi connectivity index (χ1) is 12.5. The summed E-state index contributed by atoms with van der Waals surface area (Å²) < 4.78 is 36.0. The van der Waals surface area contributed by atoms with Gasteiger partial charge in [0.1, 0.15) is 0 Å². The van der Waals surface area contributed by atoms with Crippen LogP contribution in [0.3, 0.4) is 0 Å². The summed E-state index contributed by atoms with van der Waals surface area (Å²) in [5.74, 6) is 0.634. The van der Waals surface area contributed by atoms with E-state index in [2.05, 4.69) is 19.9 Å². The Morgan fingerprint density at radius 1 is 1.15 bits per heavy atom. The maximum Gasteiger partial charge on any atom is 0.397 e. The second kappa shape index (κ2) is 6.29. The first-order valence-corrected chi connectivity index (χ1v) is 11.5. The Balaban J connectivity index is 1.58. The smallest absolute Gasteiger partial charge is 0.397 e. The van der Waals surface area contributed by atoms with E-state index >= 15 is 0 Å². The Kier molecular flexibility index (Phi) is 4.52. The van der Waals surface area contributed by atoms with Gasteiger partial charge in [-0.05, 0) is 80.0 Å². The fourth-order valence-corrected chi connectivity index (χ4v) is 7.80. The lowest BCUT2D eigenvalue weighted by Gasteiger charge is -2.57. The van der Waals surface area contributed by atoms with Gasteiger partial charge in [0.2, 0.25) is 0 Å². The number of hydrogen-bond donors (Lipinski definition) is 2. The Labute approximate surface area is 161 Å². The van der Waals surface area contributed by atoms with Gasteiger partial charge in [0, 0.05) is 0 Å². The number of rotatable bonds is 3. The number of aliphatic carboxylic acids is 1. The van der Waals surface area contributed by atoms with E-state index < -0.39 is 22.5 Å². The van der Waals surface area contributed by atoms with Crippen LogP contribution in [0.4, 0.5) is 0 Å². The molecule has 2 N–H and O–H groups in total. The molecule has 0 spiro atoms. The summed E-state index contributed by atoms with van der Waals surface area (Å²) in [6.07, 6.45) is 8.55. The second-order valence-corrected chi connectivity index (χ2v) is 10.7. The Morgan fingerprint density at radius 3 is 2.56 bits per heavy atom. The van der Waals surface area contributed by atoms with Gasteiger partial charge in [-0.15, -0.1) is 0 Å². The Hall–Kier alpha value is -0.920. The molecule has 152 valence electrons. The number of hydrogen-bond acceptors (Lipinski definition) is 4. The molecule has 3 saturated carbocycles. The maximum atomic E-state index is 11.8. The third kappa shape index (κ3) is 3.06. The van der Waals surface area contributed by atoms with E-state index in [-0.39, 0.29) is 16.7 Å². The molecule has 0 bridgehead atoms. The molecule has 0 aromatic carbocycles. The lowest BCUT2D eigenvalue weighted by molar-refractivity contribution is -0.148. The number of allylic oxidation sites excluding steroid dienone is 1. The van der Waals surface area contributed by atoms with E-state index in [1.165, 1.54) is 5.57 Å². The van der Waals surface area contributed by atoms with Gasteiger partial charge in [0.05, 0.1) is 12.0 Å². The average Bonchev–Trinajstić information content (AvgIpc) is 2.91. The van der Waals surface area contributed by atoms with Crippen molar-refractivity contribution in [3.8, 4) is 0 Å². The molecule has 27 heavy (non-hydrogen) atoms.